The van der Waals surface area contributed by atoms with Gasteiger partial charge >= 0.3 is 0 Å². The average molecular weight is 357 g/mol. The molecule has 0 bridgehead atoms. The van der Waals surface area contributed by atoms with E-state index in [1.165, 1.54) is 75.3 Å². The van der Waals surface area contributed by atoms with E-state index in [2.05, 4.69) is 21.9 Å². The molecule has 0 spiro atoms. The molecule has 5 rings (SSSR count). The molecule has 0 saturated heterocycles. The van der Waals surface area contributed by atoms with Crippen LogP contribution in [0.2, 0.25) is 0 Å². The van der Waals surface area contributed by atoms with Crippen LogP contribution in [0.15, 0.2) is 12.1 Å². The molecule has 4 aliphatic rings. The van der Waals surface area contributed by atoms with Crippen LogP contribution >= 0.6 is 0 Å². The van der Waals surface area contributed by atoms with Crippen LogP contribution in [0.3, 0.4) is 0 Å². The van der Waals surface area contributed by atoms with Crippen molar-refractivity contribution >= 4 is 0 Å². The molecule has 2 aliphatic carbocycles. The minimum absolute atomic E-state index is 0.704. The molecule has 2 aliphatic heterocycles. The van der Waals surface area contributed by atoms with Gasteiger partial charge in [0.2, 0.25) is 0 Å². The molecule has 142 valence electrons. The van der Waals surface area contributed by atoms with Crippen molar-refractivity contribution in [2.45, 2.75) is 89.4 Å². The van der Waals surface area contributed by atoms with Gasteiger partial charge in [-0.2, -0.15) is 0 Å². The van der Waals surface area contributed by atoms with Crippen molar-refractivity contribution in [2.24, 2.45) is 0 Å². The van der Waals surface area contributed by atoms with Crippen LogP contribution in [-0.2, 0) is 13.1 Å². The summed E-state index contributed by atoms with van der Waals surface area (Å²) in [5, 5.41) is 0. The first-order chi connectivity index (χ1) is 12.9. The highest BCUT2D eigenvalue weighted by atomic mass is 16.5. The molecule has 0 radical (unpaired) electrons. The second kappa shape index (κ2) is 7.40. The standard InChI is InChI=1S/C22H32N2O2/c1-3-7-19(8-4-1)23-13-17-11-22-18(12-21(17)25-15-23)14-24(16-26-22)20-9-5-2-6-10-20/h11-12,19-20H,1-10,13-16H2. The summed E-state index contributed by atoms with van der Waals surface area (Å²) in [7, 11) is 0. The molecule has 2 fully saturated rings. The third-order valence-electron chi connectivity index (χ3n) is 6.94. The molecular weight excluding hydrogens is 324 g/mol. The first-order valence-electron chi connectivity index (χ1n) is 10.8. The summed E-state index contributed by atoms with van der Waals surface area (Å²) < 4.78 is 12.4. The topological polar surface area (TPSA) is 24.9 Å². The maximum Gasteiger partial charge on any atom is 0.142 e. The summed E-state index contributed by atoms with van der Waals surface area (Å²) in [6.07, 6.45) is 13.6. The van der Waals surface area contributed by atoms with Gasteiger partial charge in [0, 0.05) is 36.3 Å². The molecule has 2 saturated carbocycles. The quantitative estimate of drug-likeness (QED) is 0.770. The molecule has 0 amide bonds. The van der Waals surface area contributed by atoms with Crippen molar-refractivity contribution < 1.29 is 9.47 Å². The van der Waals surface area contributed by atoms with E-state index in [1.54, 1.807) is 0 Å². The van der Waals surface area contributed by atoms with E-state index < -0.39 is 0 Å². The van der Waals surface area contributed by atoms with Gasteiger partial charge < -0.3 is 9.47 Å². The van der Waals surface area contributed by atoms with E-state index >= 15 is 0 Å². The Bertz CT molecular complexity index is 580. The van der Waals surface area contributed by atoms with Crippen LogP contribution in [-0.4, -0.2) is 35.3 Å². The lowest BCUT2D eigenvalue weighted by atomic mass is 9.93. The Morgan fingerprint density at radius 2 is 1.04 bits per heavy atom. The number of hydrogen-bond acceptors (Lipinski definition) is 4. The van der Waals surface area contributed by atoms with Gasteiger partial charge in [0.15, 0.2) is 0 Å². The van der Waals surface area contributed by atoms with E-state index in [4.69, 9.17) is 9.47 Å². The number of nitrogens with zero attached hydrogens (tertiary/aromatic N) is 2. The molecule has 0 N–H and O–H groups in total. The second-order valence-corrected chi connectivity index (χ2v) is 8.69. The Balaban J connectivity index is 1.30. The van der Waals surface area contributed by atoms with E-state index in [0.29, 0.717) is 12.1 Å². The third-order valence-corrected chi connectivity index (χ3v) is 6.94. The first kappa shape index (κ1) is 16.9. The Labute approximate surface area is 157 Å². The molecule has 4 nitrogen and oxygen atoms in total. The predicted octanol–water partition coefficient (Wildman–Crippen LogP) is 4.66. The minimum atomic E-state index is 0.704. The highest BCUT2D eigenvalue weighted by Crippen LogP contribution is 2.38. The number of ether oxygens (including phenoxy) is 2. The number of benzene rings is 1. The maximum atomic E-state index is 6.19. The van der Waals surface area contributed by atoms with Crippen molar-refractivity contribution in [3.63, 3.8) is 0 Å². The molecular formula is C22H32N2O2. The zero-order valence-corrected chi connectivity index (χ0v) is 15.9. The summed E-state index contributed by atoms with van der Waals surface area (Å²) in [6, 6.07) is 5.93. The average Bonchev–Trinajstić information content (AvgIpc) is 2.73. The van der Waals surface area contributed by atoms with Crippen LogP contribution < -0.4 is 9.47 Å². The predicted molar refractivity (Wildman–Crippen MR) is 102 cm³/mol. The molecule has 0 unspecified atom stereocenters. The summed E-state index contributed by atoms with van der Waals surface area (Å²) in [4.78, 5) is 5.07. The van der Waals surface area contributed by atoms with Crippen LogP contribution in [0.1, 0.15) is 75.3 Å². The van der Waals surface area contributed by atoms with Gasteiger partial charge in [-0.25, -0.2) is 0 Å². The van der Waals surface area contributed by atoms with Gasteiger partial charge in [-0.1, -0.05) is 38.5 Å². The van der Waals surface area contributed by atoms with Crippen molar-refractivity contribution in [3.05, 3.63) is 23.3 Å². The number of rotatable bonds is 2. The largest absolute Gasteiger partial charge is 0.478 e. The summed E-state index contributed by atoms with van der Waals surface area (Å²) in [5.74, 6) is 2.18. The Kier molecular flexibility index (Phi) is 4.80. The highest BCUT2D eigenvalue weighted by Gasteiger charge is 2.30. The molecule has 4 heteroatoms. The van der Waals surface area contributed by atoms with E-state index in [9.17, 15) is 0 Å². The van der Waals surface area contributed by atoms with Crippen molar-refractivity contribution in [1.29, 1.82) is 0 Å². The normalized spacial score (nSPS) is 25.8. The summed E-state index contributed by atoms with van der Waals surface area (Å²) >= 11 is 0. The lowest BCUT2D eigenvalue weighted by molar-refractivity contribution is 0.0324. The van der Waals surface area contributed by atoms with E-state index in [1.807, 2.05) is 0 Å². The SMILES string of the molecule is c1c2c(cc3c1OCN(C1CCCCC1)C3)OCN(C1CCCCC1)C2. The van der Waals surface area contributed by atoms with Crippen LogP contribution in [0.25, 0.3) is 0 Å². The van der Waals surface area contributed by atoms with Crippen molar-refractivity contribution in [3.8, 4) is 11.5 Å². The molecule has 1 aromatic rings. The van der Waals surface area contributed by atoms with Gasteiger partial charge in [0.25, 0.3) is 0 Å². The van der Waals surface area contributed by atoms with Crippen LogP contribution in [0, 0.1) is 0 Å². The van der Waals surface area contributed by atoms with Gasteiger partial charge in [0.1, 0.15) is 25.0 Å². The summed E-state index contributed by atoms with van der Waals surface area (Å²) in [5.41, 5.74) is 2.62. The lowest BCUT2D eigenvalue weighted by Gasteiger charge is -2.39. The number of fused-ring (bicyclic) bond motifs is 2. The Morgan fingerprint density at radius 1 is 0.615 bits per heavy atom. The maximum absolute atomic E-state index is 6.19. The second-order valence-electron chi connectivity index (χ2n) is 8.69. The molecule has 1 aromatic carbocycles. The van der Waals surface area contributed by atoms with Gasteiger partial charge in [0.05, 0.1) is 0 Å². The molecule has 2 heterocycles. The van der Waals surface area contributed by atoms with Crippen molar-refractivity contribution in [1.82, 2.24) is 9.80 Å². The third kappa shape index (κ3) is 3.34. The Morgan fingerprint density at radius 3 is 1.46 bits per heavy atom. The summed E-state index contributed by atoms with van der Waals surface area (Å²) in [6.45, 7) is 3.54. The van der Waals surface area contributed by atoms with Gasteiger partial charge in [-0.3, -0.25) is 9.80 Å². The Hall–Kier alpha value is -1.26. The monoisotopic (exact) mass is 356 g/mol. The zero-order valence-electron chi connectivity index (χ0n) is 15.9. The minimum Gasteiger partial charge on any atom is -0.478 e. The molecule has 0 atom stereocenters. The van der Waals surface area contributed by atoms with Gasteiger partial charge in [-0.15, -0.1) is 0 Å². The zero-order chi connectivity index (χ0) is 17.3. The van der Waals surface area contributed by atoms with Crippen LogP contribution in [0.5, 0.6) is 11.5 Å². The fourth-order valence-corrected chi connectivity index (χ4v) is 5.36. The lowest BCUT2D eigenvalue weighted by Crippen LogP contribution is -2.42. The highest BCUT2D eigenvalue weighted by molar-refractivity contribution is 5.47. The van der Waals surface area contributed by atoms with Crippen molar-refractivity contribution in [2.75, 3.05) is 13.5 Å². The fourth-order valence-electron chi connectivity index (χ4n) is 5.36. The molecule has 0 aromatic heterocycles. The van der Waals surface area contributed by atoms with Crippen LogP contribution in [0.4, 0.5) is 0 Å². The first-order valence-corrected chi connectivity index (χ1v) is 10.8. The van der Waals surface area contributed by atoms with Gasteiger partial charge in [-0.05, 0) is 37.8 Å². The van der Waals surface area contributed by atoms with E-state index in [0.717, 1.165) is 38.1 Å². The fraction of sp³-hybridized carbons (Fsp3) is 0.727. The van der Waals surface area contributed by atoms with E-state index in [-0.39, 0.29) is 0 Å². The molecule has 26 heavy (non-hydrogen) atoms. The number of hydrogen-bond donors (Lipinski definition) is 0. The smallest absolute Gasteiger partial charge is 0.142 e.